The molecular formula is C13H35N3O2. The third-order valence-corrected chi connectivity index (χ3v) is 2.44. The Kier molecular flexibility index (Phi) is 21.4. The predicted molar refractivity (Wildman–Crippen MR) is 79.7 cm³/mol. The van der Waals surface area contributed by atoms with Crippen LogP contribution < -0.4 is 16.4 Å². The number of hydrogen-bond donors (Lipinski definition) is 5. The highest BCUT2D eigenvalue weighted by atomic mass is 16.3. The van der Waals surface area contributed by atoms with Gasteiger partial charge in [0.1, 0.15) is 0 Å². The Hall–Kier alpha value is -0.200. The van der Waals surface area contributed by atoms with Gasteiger partial charge in [0.15, 0.2) is 0 Å². The molecule has 2 atom stereocenters. The minimum Gasteiger partial charge on any atom is -0.395 e. The van der Waals surface area contributed by atoms with Crippen LogP contribution in [0.1, 0.15) is 27.7 Å². The Morgan fingerprint density at radius 1 is 0.889 bits per heavy atom. The second-order valence-electron chi connectivity index (χ2n) is 4.91. The number of nitrogens with two attached hydrogens (primary N) is 1. The monoisotopic (exact) mass is 265 g/mol. The minimum atomic E-state index is -0.0417. The Bertz CT molecular complexity index is 140. The van der Waals surface area contributed by atoms with Crippen LogP contribution in [-0.4, -0.2) is 56.7 Å². The van der Waals surface area contributed by atoms with Gasteiger partial charge in [0.25, 0.3) is 0 Å². The lowest BCUT2D eigenvalue weighted by molar-refractivity contribution is 0.218. The standard InChI is InChI=1S/C6H15NO.C5H13NO.C2H7N/c1-5(2)6(4-8)7-3;1-4(2)5(6)3-7;1-3-2/h5-8H,4H2,1-3H3;4-5,7H,3,6H2,1-2H3;3H,1-2H3/t6-;5-;/m11./s1. The van der Waals surface area contributed by atoms with E-state index in [-0.39, 0.29) is 25.3 Å². The molecule has 0 saturated heterocycles. The van der Waals surface area contributed by atoms with E-state index in [1.54, 1.807) is 0 Å². The molecule has 0 radical (unpaired) electrons. The maximum atomic E-state index is 8.63. The van der Waals surface area contributed by atoms with Crippen LogP contribution in [-0.2, 0) is 0 Å². The largest absolute Gasteiger partial charge is 0.395 e. The van der Waals surface area contributed by atoms with Gasteiger partial charge in [-0.05, 0) is 33.0 Å². The third-order valence-electron chi connectivity index (χ3n) is 2.44. The first kappa shape index (κ1) is 22.9. The molecule has 0 aromatic carbocycles. The van der Waals surface area contributed by atoms with Crippen molar-refractivity contribution in [2.75, 3.05) is 34.4 Å². The van der Waals surface area contributed by atoms with Crippen LogP contribution in [0.3, 0.4) is 0 Å². The number of hydrogen-bond acceptors (Lipinski definition) is 5. The summed E-state index contributed by atoms with van der Waals surface area (Å²) in [5, 5.41) is 22.8. The van der Waals surface area contributed by atoms with E-state index in [9.17, 15) is 0 Å². The highest BCUT2D eigenvalue weighted by Crippen LogP contribution is 1.97. The van der Waals surface area contributed by atoms with Gasteiger partial charge in [0, 0.05) is 12.1 Å². The normalized spacial score (nSPS) is 13.3. The number of nitrogens with one attached hydrogen (secondary N) is 2. The van der Waals surface area contributed by atoms with Crippen LogP contribution in [0.15, 0.2) is 0 Å². The molecule has 0 aromatic rings. The van der Waals surface area contributed by atoms with Gasteiger partial charge in [-0.3, -0.25) is 0 Å². The summed E-state index contributed by atoms with van der Waals surface area (Å²) in [6, 6.07) is 0.218. The summed E-state index contributed by atoms with van der Waals surface area (Å²) in [7, 11) is 5.61. The summed E-state index contributed by atoms with van der Waals surface area (Å²) in [5.74, 6) is 0.912. The molecule has 0 heterocycles. The molecule has 0 amide bonds. The zero-order valence-corrected chi connectivity index (χ0v) is 13.2. The summed E-state index contributed by atoms with van der Waals surface area (Å²) in [5.41, 5.74) is 5.37. The van der Waals surface area contributed by atoms with E-state index in [2.05, 4.69) is 24.5 Å². The van der Waals surface area contributed by atoms with Crippen molar-refractivity contribution >= 4 is 0 Å². The average Bonchev–Trinajstić information content (AvgIpc) is 2.30. The topological polar surface area (TPSA) is 90.5 Å². The highest BCUT2D eigenvalue weighted by molar-refractivity contribution is 4.65. The second kappa shape index (κ2) is 16.8. The summed E-state index contributed by atoms with van der Waals surface area (Å²) < 4.78 is 0. The molecule has 0 bridgehead atoms. The molecule has 0 aromatic heterocycles. The Balaban J connectivity index is -0.000000207. The number of rotatable bonds is 5. The molecule has 0 unspecified atom stereocenters. The van der Waals surface area contributed by atoms with Gasteiger partial charge in [0.05, 0.1) is 13.2 Å². The zero-order chi connectivity index (χ0) is 15.1. The second-order valence-corrected chi connectivity index (χ2v) is 4.91. The summed E-state index contributed by atoms with van der Waals surface area (Å²) in [6.45, 7) is 8.46. The van der Waals surface area contributed by atoms with E-state index in [1.165, 1.54) is 0 Å². The van der Waals surface area contributed by atoms with Crippen molar-refractivity contribution in [2.45, 2.75) is 39.8 Å². The lowest BCUT2D eigenvalue weighted by Gasteiger charge is -2.15. The molecule has 0 aliphatic rings. The molecule has 18 heavy (non-hydrogen) atoms. The van der Waals surface area contributed by atoms with Gasteiger partial charge in [0.2, 0.25) is 0 Å². The molecule has 5 heteroatoms. The van der Waals surface area contributed by atoms with E-state index in [1.807, 2.05) is 35.0 Å². The first-order valence-electron chi connectivity index (χ1n) is 6.55. The van der Waals surface area contributed by atoms with Crippen LogP contribution in [0, 0.1) is 11.8 Å². The lowest BCUT2D eigenvalue weighted by Crippen LogP contribution is -2.33. The van der Waals surface area contributed by atoms with Crippen molar-refractivity contribution in [1.29, 1.82) is 0 Å². The third kappa shape index (κ3) is 18.2. The lowest BCUT2D eigenvalue weighted by atomic mass is 10.1. The van der Waals surface area contributed by atoms with Crippen LogP contribution in [0.25, 0.3) is 0 Å². The highest BCUT2D eigenvalue weighted by Gasteiger charge is 2.06. The van der Waals surface area contributed by atoms with E-state index in [0.717, 1.165) is 0 Å². The predicted octanol–water partition coefficient (Wildman–Crippen LogP) is 0.0203. The first-order valence-corrected chi connectivity index (χ1v) is 6.55. The van der Waals surface area contributed by atoms with Gasteiger partial charge < -0.3 is 26.6 Å². The fourth-order valence-electron chi connectivity index (χ4n) is 0.846. The van der Waals surface area contributed by atoms with Gasteiger partial charge in [-0.25, -0.2) is 0 Å². The van der Waals surface area contributed by atoms with E-state index < -0.39 is 0 Å². The van der Waals surface area contributed by atoms with Crippen molar-refractivity contribution in [2.24, 2.45) is 17.6 Å². The fourth-order valence-corrected chi connectivity index (χ4v) is 0.846. The first-order chi connectivity index (χ1) is 8.31. The SMILES string of the molecule is CC(C)[C@H](N)CO.CNC.CN[C@H](CO)C(C)C. The van der Waals surface area contributed by atoms with E-state index in [0.29, 0.717) is 11.8 Å². The van der Waals surface area contributed by atoms with Crippen LogP contribution >= 0.6 is 0 Å². The van der Waals surface area contributed by atoms with Gasteiger partial charge >= 0.3 is 0 Å². The van der Waals surface area contributed by atoms with Gasteiger partial charge in [-0.15, -0.1) is 0 Å². The Labute approximate surface area is 113 Å². The summed E-state index contributed by atoms with van der Waals surface area (Å²) >= 11 is 0. The zero-order valence-electron chi connectivity index (χ0n) is 13.2. The molecule has 0 aliphatic heterocycles. The van der Waals surface area contributed by atoms with Crippen molar-refractivity contribution in [1.82, 2.24) is 10.6 Å². The number of aliphatic hydroxyl groups excluding tert-OH is 2. The fraction of sp³-hybridized carbons (Fsp3) is 1.00. The summed E-state index contributed by atoms with van der Waals surface area (Å²) in [4.78, 5) is 0. The van der Waals surface area contributed by atoms with Crippen molar-refractivity contribution in [3.8, 4) is 0 Å². The van der Waals surface area contributed by atoms with Crippen LogP contribution in [0.4, 0.5) is 0 Å². The molecule has 0 spiro atoms. The average molecular weight is 265 g/mol. The maximum Gasteiger partial charge on any atom is 0.0587 e. The van der Waals surface area contributed by atoms with E-state index in [4.69, 9.17) is 15.9 Å². The van der Waals surface area contributed by atoms with Gasteiger partial charge in [-0.1, -0.05) is 27.7 Å². The van der Waals surface area contributed by atoms with Gasteiger partial charge in [-0.2, -0.15) is 0 Å². The molecule has 0 saturated carbocycles. The Morgan fingerprint density at radius 3 is 1.28 bits per heavy atom. The molecule has 0 fully saturated rings. The maximum absolute atomic E-state index is 8.63. The molecule has 114 valence electrons. The molecule has 6 N–H and O–H groups in total. The van der Waals surface area contributed by atoms with E-state index >= 15 is 0 Å². The Morgan fingerprint density at radius 2 is 1.28 bits per heavy atom. The summed E-state index contributed by atoms with van der Waals surface area (Å²) in [6.07, 6.45) is 0. The molecule has 0 rings (SSSR count). The quantitative estimate of drug-likeness (QED) is 0.483. The van der Waals surface area contributed by atoms with Crippen LogP contribution in [0.2, 0.25) is 0 Å². The van der Waals surface area contributed by atoms with Crippen LogP contribution in [0.5, 0.6) is 0 Å². The number of likely N-dealkylation sites (N-methyl/N-ethyl adjacent to an activating group) is 1. The molecule has 0 aliphatic carbocycles. The van der Waals surface area contributed by atoms with Crippen molar-refractivity contribution < 1.29 is 10.2 Å². The van der Waals surface area contributed by atoms with Crippen molar-refractivity contribution in [3.63, 3.8) is 0 Å². The minimum absolute atomic E-state index is 0.0417. The smallest absolute Gasteiger partial charge is 0.0587 e. The molecule has 5 nitrogen and oxygen atoms in total. The number of aliphatic hydroxyl groups is 2. The van der Waals surface area contributed by atoms with Crippen molar-refractivity contribution in [3.05, 3.63) is 0 Å². The molecular weight excluding hydrogens is 230 g/mol.